The van der Waals surface area contributed by atoms with Crippen LogP contribution in [0.1, 0.15) is 31.2 Å². The fraction of sp³-hybridized carbons (Fsp3) is 0.632. The Bertz CT molecular complexity index is 574. The second kappa shape index (κ2) is 7.68. The van der Waals surface area contributed by atoms with Crippen molar-refractivity contribution in [2.75, 3.05) is 33.3 Å². The lowest BCUT2D eigenvalue weighted by molar-refractivity contribution is -0.143. The van der Waals surface area contributed by atoms with E-state index in [-0.39, 0.29) is 37.8 Å². The molecule has 2 aliphatic rings. The molecule has 25 heavy (non-hydrogen) atoms. The van der Waals surface area contributed by atoms with Crippen molar-refractivity contribution >= 4 is 5.91 Å². The van der Waals surface area contributed by atoms with E-state index in [2.05, 4.69) is 17.0 Å². The van der Waals surface area contributed by atoms with Crippen molar-refractivity contribution in [1.82, 2.24) is 9.80 Å². The monoisotopic (exact) mass is 352 g/mol. The van der Waals surface area contributed by atoms with Crippen molar-refractivity contribution in [3.63, 3.8) is 0 Å². The number of halogens is 2. The first-order valence-corrected chi connectivity index (χ1v) is 8.99. The van der Waals surface area contributed by atoms with Gasteiger partial charge in [0.2, 0.25) is 5.91 Å². The SMILES string of the molecule is COc1ccc(CN2CCC(C(=O)N3CCC(F)(F)CC3)CC2)cc1. The van der Waals surface area contributed by atoms with Crippen molar-refractivity contribution in [2.24, 2.45) is 5.92 Å². The maximum atomic E-state index is 13.2. The minimum Gasteiger partial charge on any atom is -0.497 e. The second-order valence-electron chi connectivity index (χ2n) is 7.08. The third-order valence-electron chi connectivity index (χ3n) is 5.31. The summed E-state index contributed by atoms with van der Waals surface area (Å²) in [5.74, 6) is -1.70. The number of rotatable bonds is 4. The van der Waals surface area contributed by atoms with Gasteiger partial charge >= 0.3 is 0 Å². The summed E-state index contributed by atoms with van der Waals surface area (Å²) in [4.78, 5) is 16.5. The molecule has 0 N–H and O–H groups in total. The third kappa shape index (κ3) is 4.69. The van der Waals surface area contributed by atoms with Crippen molar-refractivity contribution in [3.8, 4) is 5.75 Å². The number of benzene rings is 1. The van der Waals surface area contributed by atoms with Gasteiger partial charge in [0.15, 0.2) is 0 Å². The number of amides is 1. The highest BCUT2D eigenvalue weighted by Crippen LogP contribution is 2.30. The lowest BCUT2D eigenvalue weighted by atomic mass is 9.93. The molecule has 138 valence electrons. The van der Waals surface area contributed by atoms with E-state index in [1.165, 1.54) is 5.56 Å². The largest absolute Gasteiger partial charge is 0.497 e. The summed E-state index contributed by atoms with van der Waals surface area (Å²) in [6.45, 7) is 2.98. The summed E-state index contributed by atoms with van der Waals surface area (Å²) < 4.78 is 31.6. The summed E-state index contributed by atoms with van der Waals surface area (Å²) in [5, 5.41) is 0. The summed E-state index contributed by atoms with van der Waals surface area (Å²) >= 11 is 0. The third-order valence-corrected chi connectivity index (χ3v) is 5.31. The molecule has 0 bridgehead atoms. The van der Waals surface area contributed by atoms with Crippen molar-refractivity contribution in [3.05, 3.63) is 29.8 Å². The van der Waals surface area contributed by atoms with E-state index in [0.29, 0.717) is 0 Å². The molecule has 2 aliphatic heterocycles. The molecular weight excluding hydrogens is 326 g/mol. The van der Waals surface area contributed by atoms with E-state index < -0.39 is 5.92 Å². The Morgan fingerprint density at radius 3 is 2.28 bits per heavy atom. The van der Waals surface area contributed by atoms with Gasteiger partial charge in [-0.05, 0) is 43.6 Å². The molecule has 2 fully saturated rings. The Balaban J connectivity index is 1.45. The minimum atomic E-state index is -2.60. The molecule has 0 unspecified atom stereocenters. The lowest BCUT2D eigenvalue weighted by Gasteiger charge is -2.37. The standard InChI is InChI=1S/C19H26F2N2O2/c1-25-17-4-2-15(3-5-17)14-22-10-6-16(7-11-22)18(24)23-12-8-19(20,21)9-13-23/h2-5,16H,6-14H2,1H3. The molecular formula is C19H26F2N2O2. The van der Waals surface area contributed by atoms with Crippen molar-refractivity contribution in [1.29, 1.82) is 0 Å². The molecule has 2 saturated heterocycles. The molecule has 0 aromatic heterocycles. The van der Waals surface area contributed by atoms with Gasteiger partial charge in [-0.1, -0.05) is 12.1 Å². The van der Waals surface area contributed by atoms with Gasteiger partial charge in [0.25, 0.3) is 5.92 Å². The predicted octanol–water partition coefficient (Wildman–Crippen LogP) is 3.16. The average Bonchev–Trinajstić information content (AvgIpc) is 2.62. The van der Waals surface area contributed by atoms with Crippen LogP contribution in [0.5, 0.6) is 5.75 Å². The number of hydrogen-bond donors (Lipinski definition) is 0. The van der Waals surface area contributed by atoms with E-state index in [1.54, 1.807) is 12.0 Å². The molecule has 0 spiro atoms. The Morgan fingerprint density at radius 2 is 1.72 bits per heavy atom. The number of ether oxygens (including phenoxy) is 1. The lowest BCUT2D eigenvalue weighted by Crippen LogP contribution is -2.47. The van der Waals surface area contributed by atoms with Crippen LogP contribution in [0.15, 0.2) is 24.3 Å². The molecule has 0 atom stereocenters. The molecule has 0 aliphatic carbocycles. The maximum Gasteiger partial charge on any atom is 0.251 e. The number of likely N-dealkylation sites (tertiary alicyclic amines) is 2. The highest BCUT2D eigenvalue weighted by molar-refractivity contribution is 5.79. The number of nitrogens with zero attached hydrogens (tertiary/aromatic N) is 2. The van der Waals surface area contributed by atoms with Crippen LogP contribution in [0.4, 0.5) is 8.78 Å². The highest BCUT2D eigenvalue weighted by Gasteiger charge is 2.37. The van der Waals surface area contributed by atoms with E-state index in [4.69, 9.17) is 4.74 Å². The van der Waals surface area contributed by atoms with E-state index in [0.717, 1.165) is 38.2 Å². The summed E-state index contributed by atoms with van der Waals surface area (Å²) in [6.07, 6.45) is 1.22. The number of methoxy groups -OCH3 is 1. The normalized spacial score (nSPS) is 22.0. The van der Waals surface area contributed by atoms with Crippen LogP contribution < -0.4 is 4.74 Å². The fourth-order valence-electron chi connectivity index (χ4n) is 3.64. The number of carbonyl (C=O) groups excluding carboxylic acids is 1. The first-order chi connectivity index (χ1) is 12.0. The zero-order valence-electron chi connectivity index (χ0n) is 14.7. The van der Waals surface area contributed by atoms with Crippen LogP contribution in [0.3, 0.4) is 0 Å². The molecule has 1 amide bonds. The van der Waals surface area contributed by atoms with Gasteiger partial charge in [-0.3, -0.25) is 9.69 Å². The van der Waals surface area contributed by atoms with Crippen molar-refractivity contribution < 1.29 is 18.3 Å². The highest BCUT2D eigenvalue weighted by atomic mass is 19.3. The Labute approximate surface area is 147 Å². The molecule has 0 saturated carbocycles. The molecule has 3 rings (SSSR count). The topological polar surface area (TPSA) is 32.8 Å². The summed E-state index contributed by atoms with van der Waals surface area (Å²) in [6, 6.07) is 8.03. The Hall–Kier alpha value is -1.69. The van der Waals surface area contributed by atoms with Crippen LogP contribution in [-0.4, -0.2) is 54.9 Å². The smallest absolute Gasteiger partial charge is 0.251 e. The number of hydrogen-bond acceptors (Lipinski definition) is 3. The van der Waals surface area contributed by atoms with Gasteiger partial charge in [-0.15, -0.1) is 0 Å². The zero-order chi connectivity index (χ0) is 17.9. The average molecular weight is 352 g/mol. The van der Waals surface area contributed by atoms with Gasteiger partial charge in [-0.25, -0.2) is 8.78 Å². The number of carbonyl (C=O) groups is 1. The van der Waals surface area contributed by atoms with Gasteiger partial charge in [-0.2, -0.15) is 0 Å². The number of alkyl halides is 2. The van der Waals surface area contributed by atoms with Crippen LogP contribution in [0.2, 0.25) is 0 Å². The molecule has 2 heterocycles. The number of piperidine rings is 2. The van der Waals surface area contributed by atoms with Crippen LogP contribution in [-0.2, 0) is 11.3 Å². The predicted molar refractivity (Wildman–Crippen MR) is 91.8 cm³/mol. The first-order valence-electron chi connectivity index (χ1n) is 8.99. The fourth-order valence-corrected chi connectivity index (χ4v) is 3.64. The molecule has 6 heteroatoms. The Kier molecular flexibility index (Phi) is 5.57. The van der Waals surface area contributed by atoms with Gasteiger partial charge in [0, 0.05) is 38.4 Å². The summed E-state index contributed by atoms with van der Waals surface area (Å²) in [7, 11) is 1.65. The first kappa shape index (κ1) is 18.1. The van der Waals surface area contributed by atoms with Gasteiger partial charge in [0.1, 0.15) is 5.75 Å². The molecule has 1 aromatic carbocycles. The second-order valence-corrected chi connectivity index (χ2v) is 7.08. The Morgan fingerprint density at radius 1 is 1.12 bits per heavy atom. The van der Waals surface area contributed by atoms with Gasteiger partial charge < -0.3 is 9.64 Å². The van der Waals surface area contributed by atoms with Crippen molar-refractivity contribution in [2.45, 2.75) is 38.2 Å². The van der Waals surface area contributed by atoms with Crippen LogP contribution in [0, 0.1) is 5.92 Å². The van der Waals surface area contributed by atoms with E-state index >= 15 is 0 Å². The maximum absolute atomic E-state index is 13.2. The van der Waals surface area contributed by atoms with E-state index in [1.807, 2.05) is 12.1 Å². The quantitative estimate of drug-likeness (QED) is 0.834. The molecule has 0 radical (unpaired) electrons. The summed E-state index contributed by atoms with van der Waals surface area (Å²) in [5.41, 5.74) is 1.23. The van der Waals surface area contributed by atoms with E-state index in [9.17, 15) is 13.6 Å². The molecule has 1 aromatic rings. The minimum absolute atomic E-state index is 0.0150. The van der Waals surface area contributed by atoms with Crippen LogP contribution >= 0.6 is 0 Å². The zero-order valence-corrected chi connectivity index (χ0v) is 14.7. The van der Waals surface area contributed by atoms with Crippen LogP contribution in [0.25, 0.3) is 0 Å². The molecule has 4 nitrogen and oxygen atoms in total. The van der Waals surface area contributed by atoms with Gasteiger partial charge in [0.05, 0.1) is 7.11 Å².